The summed E-state index contributed by atoms with van der Waals surface area (Å²) in [6.07, 6.45) is 0. The van der Waals surface area contributed by atoms with Gasteiger partial charge in [0, 0.05) is 27.1 Å². The zero-order valence-corrected chi connectivity index (χ0v) is 14.0. The Balaban J connectivity index is 2.36. The average Bonchev–Trinajstić information content (AvgIpc) is 2.72. The maximum atomic E-state index is 12.4. The van der Waals surface area contributed by atoms with Gasteiger partial charge in [-0.1, -0.05) is 6.07 Å². The van der Waals surface area contributed by atoms with Crippen molar-refractivity contribution in [3.05, 3.63) is 39.1 Å². The smallest absolute Gasteiger partial charge is 0.281 e. The van der Waals surface area contributed by atoms with Crippen molar-refractivity contribution in [2.24, 2.45) is 0 Å². The highest BCUT2D eigenvalue weighted by Gasteiger charge is 2.23. The number of hydrogen-bond acceptors (Lipinski definition) is 4. The first kappa shape index (κ1) is 15.3. The molecule has 3 N–H and O–H groups in total. The molecule has 1 aromatic heterocycles. The fraction of sp³-hybridized carbons (Fsp3) is 0.250. The summed E-state index contributed by atoms with van der Waals surface area (Å²) in [6, 6.07) is 7.15. The van der Waals surface area contributed by atoms with Gasteiger partial charge in [-0.25, -0.2) is 0 Å². The minimum atomic E-state index is -3.70. The highest BCUT2D eigenvalue weighted by Crippen LogP contribution is 2.20. The minimum absolute atomic E-state index is 0.0308. The average molecular weight is 406 g/mol. The lowest BCUT2D eigenvalue weighted by Gasteiger charge is -2.08. The van der Waals surface area contributed by atoms with Gasteiger partial charge in [0.1, 0.15) is 0 Å². The molecule has 1 heterocycles. The summed E-state index contributed by atoms with van der Waals surface area (Å²) in [5, 5.41) is 9.60. The van der Waals surface area contributed by atoms with Crippen LogP contribution in [-0.4, -0.2) is 25.7 Å². The molecule has 0 aliphatic heterocycles. The molecule has 0 spiro atoms. The van der Waals surface area contributed by atoms with Crippen LogP contribution in [0, 0.1) is 10.5 Å². The highest BCUT2D eigenvalue weighted by molar-refractivity contribution is 14.1. The zero-order valence-electron chi connectivity index (χ0n) is 11.1. The summed E-state index contributed by atoms with van der Waals surface area (Å²) in [5.41, 5.74) is 1.90. The first-order chi connectivity index (χ1) is 9.44. The lowest BCUT2D eigenvalue weighted by atomic mass is 10.3. The second-order valence-corrected chi connectivity index (χ2v) is 7.12. The van der Waals surface area contributed by atoms with Gasteiger partial charge in [-0.3, -0.25) is 9.82 Å². The van der Waals surface area contributed by atoms with Crippen LogP contribution < -0.4 is 10.0 Å². The van der Waals surface area contributed by atoms with Gasteiger partial charge in [0.25, 0.3) is 10.0 Å². The molecule has 0 saturated heterocycles. The molecule has 0 atom stereocenters. The van der Waals surface area contributed by atoms with E-state index in [1.54, 1.807) is 32.2 Å². The number of aromatic amines is 1. The maximum Gasteiger partial charge on any atom is 0.281 e. The van der Waals surface area contributed by atoms with Crippen LogP contribution in [0.2, 0.25) is 0 Å². The molecule has 1 aromatic carbocycles. The molecule has 0 radical (unpaired) electrons. The van der Waals surface area contributed by atoms with Crippen LogP contribution in [0.15, 0.2) is 29.3 Å². The van der Waals surface area contributed by atoms with Crippen LogP contribution in [0.5, 0.6) is 0 Å². The molecule has 8 heteroatoms. The Kier molecular flexibility index (Phi) is 4.66. The molecule has 0 aliphatic rings. The Labute approximate surface area is 131 Å². The van der Waals surface area contributed by atoms with Crippen molar-refractivity contribution in [1.82, 2.24) is 15.5 Å². The van der Waals surface area contributed by atoms with E-state index >= 15 is 0 Å². The molecule has 2 aromatic rings. The number of aromatic nitrogens is 2. The molecule has 0 saturated carbocycles. The number of anilines is 1. The Hall–Kier alpha value is -1.13. The molecule has 2 rings (SSSR count). The van der Waals surface area contributed by atoms with Gasteiger partial charge in [-0.05, 0) is 54.8 Å². The quantitative estimate of drug-likeness (QED) is 0.662. The van der Waals surface area contributed by atoms with Crippen LogP contribution >= 0.6 is 22.6 Å². The number of nitrogens with one attached hydrogen (secondary N) is 3. The van der Waals surface area contributed by atoms with Crippen LogP contribution in [0.25, 0.3) is 0 Å². The molecule has 6 nitrogen and oxygen atoms in total. The van der Waals surface area contributed by atoms with E-state index in [2.05, 4.69) is 42.8 Å². The number of halogens is 1. The fourth-order valence-corrected chi connectivity index (χ4v) is 3.59. The third-order valence-corrected chi connectivity index (χ3v) is 4.74. The van der Waals surface area contributed by atoms with Gasteiger partial charge in [0.2, 0.25) is 5.03 Å². The molecule has 20 heavy (non-hydrogen) atoms. The van der Waals surface area contributed by atoms with E-state index in [1.807, 2.05) is 6.07 Å². The molecule has 0 unspecified atom stereocenters. The number of H-pyrrole nitrogens is 1. The van der Waals surface area contributed by atoms with Gasteiger partial charge < -0.3 is 5.32 Å². The maximum absolute atomic E-state index is 12.4. The molecule has 0 amide bonds. The molecule has 0 bridgehead atoms. The number of nitrogens with zero attached hydrogens (tertiary/aromatic N) is 1. The Bertz CT molecular complexity index is 712. The molecular formula is C12H15IN4O2S. The number of hydrogen-bond donors (Lipinski definition) is 3. The summed E-state index contributed by atoms with van der Waals surface area (Å²) in [4.78, 5) is 0. The first-order valence-corrected chi connectivity index (χ1v) is 8.47. The Morgan fingerprint density at radius 3 is 2.80 bits per heavy atom. The number of benzene rings is 1. The van der Waals surface area contributed by atoms with Gasteiger partial charge in [0.15, 0.2) is 0 Å². The van der Waals surface area contributed by atoms with Crippen molar-refractivity contribution in [2.45, 2.75) is 18.5 Å². The molecule has 108 valence electrons. The minimum Gasteiger partial charge on any atom is -0.316 e. The van der Waals surface area contributed by atoms with E-state index in [4.69, 9.17) is 0 Å². The van der Waals surface area contributed by atoms with E-state index in [9.17, 15) is 8.42 Å². The first-order valence-electron chi connectivity index (χ1n) is 5.91. The third kappa shape index (κ3) is 3.30. The lowest BCUT2D eigenvalue weighted by molar-refractivity contribution is 0.595. The summed E-state index contributed by atoms with van der Waals surface area (Å²) in [6.45, 7) is 2.23. The van der Waals surface area contributed by atoms with Crippen molar-refractivity contribution in [1.29, 1.82) is 0 Å². The van der Waals surface area contributed by atoms with Crippen molar-refractivity contribution in [3.63, 3.8) is 0 Å². The summed E-state index contributed by atoms with van der Waals surface area (Å²) < 4.78 is 28.3. The van der Waals surface area contributed by atoms with Gasteiger partial charge in [0.05, 0.1) is 0 Å². The van der Waals surface area contributed by atoms with Crippen molar-refractivity contribution in [3.8, 4) is 0 Å². The van der Waals surface area contributed by atoms with Crippen LogP contribution in [0.4, 0.5) is 5.69 Å². The van der Waals surface area contributed by atoms with Crippen LogP contribution in [0.3, 0.4) is 0 Å². The summed E-state index contributed by atoms with van der Waals surface area (Å²) in [7, 11) is -1.94. The summed E-state index contributed by atoms with van der Waals surface area (Å²) in [5.74, 6) is 0. The monoisotopic (exact) mass is 406 g/mol. The SMILES string of the molecule is CNCc1c(S(=O)(=O)Nc2cccc(I)c2)n[nH]c1C. The van der Waals surface area contributed by atoms with Crippen molar-refractivity contribution >= 4 is 38.3 Å². The predicted molar refractivity (Wildman–Crippen MR) is 86.1 cm³/mol. The van der Waals surface area contributed by atoms with E-state index < -0.39 is 10.0 Å². The number of sulfonamides is 1. The highest BCUT2D eigenvalue weighted by atomic mass is 127. The third-order valence-electron chi connectivity index (χ3n) is 2.72. The van der Waals surface area contributed by atoms with Gasteiger partial charge >= 0.3 is 0 Å². The van der Waals surface area contributed by atoms with Gasteiger partial charge in [-0.2, -0.15) is 13.5 Å². The zero-order chi connectivity index (χ0) is 14.8. The Morgan fingerprint density at radius 2 is 2.15 bits per heavy atom. The van der Waals surface area contributed by atoms with E-state index in [0.29, 0.717) is 17.8 Å². The molecule has 0 aliphatic carbocycles. The predicted octanol–water partition coefficient (Wildman–Crippen LogP) is 1.84. The normalized spacial score (nSPS) is 11.6. The fourth-order valence-electron chi connectivity index (χ4n) is 1.79. The second kappa shape index (κ2) is 6.10. The van der Waals surface area contributed by atoms with Crippen LogP contribution in [0.1, 0.15) is 11.3 Å². The van der Waals surface area contributed by atoms with E-state index in [1.165, 1.54) is 0 Å². The largest absolute Gasteiger partial charge is 0.316 e. The topological polar surface area (TPSA) is 86.9 Å². The Morgan fingerprint density at radius 1 is 1.40 bits per heavy atom. The van der Waals surface area contributed by atoms with Gasteiger partial charge in [-0.15, -0.1) is 0 Å². The van der Waals surface area contributed by atoms with Crippen molar-refractivity contribution in [2.75, 3.05) is 11.8 Å². The standard InChI is InChI=1S/C12H15IN4O2S/c1-8-11(7-14-2)12(16-15-8)20(18,19)17-10-5-3-4-9(13)6-10/h3-6,14,17H,7H2,1-2H3,(H,15,16). The lowest BCUT2D eigenvalue weighted by Crippen LogP contribution is -2.17. The van der Waals surface area contributed by atoms with E-state index in [0.717, 1.165) is 9.26 Å². The van der Waals surface area contributed by atoms with E-state index in [-0.39, 0.29) is 5.03 Å². The van der Waals surface area contributed by atoms with Crippen molar-refractivity contribution < 1.29 is 8.42 Å². The van der Waals surface area contributed by atoms with Crippen LogP contribution in [-0.2, 0) is 16.6 Å². The summed E-state index contributed by atoms with van der Waals surface area (Å²) >= 11 is 2.13. The molecular weight excluding hydrogens is 391 g/mol. The second-order valence-electron chi connectivity index (χ2n) is 4.28. The number of aryl methyl sites for hydroxylation is 1. The molecule has 0 fully saturated rings. The number of rotatable bonds is 5.